The number of hydrogen-bond acceptors (Lipinski definition) is 4. The molecular formula is C21H16Cl2N6O. The van der Waals surface area contributed by atoms with E-state index in [9.17, 15) is 4.79 Å². The van der Waals surface area contributed by atoms with E-state index in [0.29, 0.717) is 27.0 Å². The van der Waals surface area contributed by atoms with E-state index in [-0.39, 0.29) is 11.8 Å². The van der Waals surface area contributed by atoms with E-state index >= 15 is 0 Å². The summed E-state index contributed by atoms with van der Waals surface area (Å²) >= 11 is 12.4. The van der Waals surface area contributed by atoms with E-state index in [1.54, 1.807) is 34.0 Å². The second kappa shape index (κ2) is 7.59. The van der Waals surface area contributed by atoms with Gasteiger partial charge in [-0.25, -0.2) is 14.3 Å². The van der Waals surface area contributed by atoms with Gasteiger partial charge in [-0.2, -0.15) is 10.2 Å². The molecule has 2 heterocycles. The number of aromatic nitrogens is 5. The zero-order valence-electron chi connectivity index (χ0n) is 15.7. The lowest BCUT2D eigenvalue weighted by atomic mass is 10.1. The molecule has 0 bridgehead atoms. The van der Waals surface area contributed by atoms with Crippen molar-refractivity contribution in [2.45, 2.75) is 18.8 Å². The molecule has 5 rings (SSSR count). The van der Waals surface area contributed by atoms with Crippen LogP contribution in [0.15, 0.2) is 61.3 Å². The first-order chi connectivity index (χ1) is 14.6. The minimum Gasteiger partial charge on any atom is -0.322 e. The zero-order chi connectivity index (χ0) is 20.7. The lowest BCUT2D eigenvalue weighted by Crippen LogP contribution is -2.14. The van der Waals surface area contributed by atoms with Crippen LogP contribution >= 0.6 is 23.2 Å². The van der Waals surface area contributed by atoms with Crippen LogP contribution in [0.5, 0.6) is 0 Å². The molecule has 2 aromatic heterocycles. The molecule has 0 saturated heterocycles. The standard InChI is InChI=1S/C21H16Cl2N6O/c22-14-3-8-19(18(23)9-14)29-20(13-1-2-13)17(10-25-29)21(30)27-15-4-6-16(7-5-15)28-12-24-11-26-28/h3-13H,1-2H2,(H,27,30). The van der Waals surface area contributed by atoms with Crippen LogP contribution in [-0.2, 0) is 0 Å². The van der Waals surface area contributed by atoms with Crippen LogP contribution in [0.4, 0.5) is 5.69 Å². The van der Waals surface area contributed by atoms with Gasteiger partial charge in [0.2, 0.25) is 0 Å². The van der Waals surface area contributed by atoms with Crippen molar-refractivity contribution in [3.05, 3.63) is 82.6 Å². The molecule has 9 heteroatoms. The Bertz CT molecular complexity index is 1210. The van der Waals surface area contributed by atoms with E-state index < -0.39 is 0 Å². The van der Waals surface area contributed by atoms with Crippen LogP contribution in [0.25, 0.3) is 11.4 Å². The summed E-state index contributed by atoms with van der Waals surface area (Å²) in [6.07, 6.45) is 6.72. The molecule has 1 saturated carbocycles. The van der Waals surface area contributed by atoms with Gasteiger partial charge in [-0.3, -0.25) is 4.79 Å². The Morgan fingerprint density at radius 2 is 1.87 bits per heavy atom. The molecule has 7 nitrogen and oxygen atoms in total. The molecule has 1 aliphatic rings. The van der Waals surface area contributed by atoms with Crippen molar-refractivity contribution in [2.24, 2.45) is 0 Å². The summed E-state index contributed by atoms with van der Waals surface area (Å²) in [5, 5.41) is 12.5. The highest BCUT2D eigenvalue weighted by atomic mass is 35.5. The molecule has 30 heavy (non-hydrogen) atoms. The van der Waals surface area contributed by atoms with Gasteiger partial charge in [0.05, 0.1) is 33.9 Å². The largest absolute Gasteiger partial charge is 0.322 e. The van der Waals surface area contributed by atoms with E-state index in [1.165, 1.54) is 6.33 Å². The Morgan fingerprint density at radius 1 is 1.07 bits per heavy atom. The number of anilines is 1. The Morgan fingerprint density at radius 3 is 2.53 bits per heavy atom. The maximum Gasteiger partial charge on any atom is 0.259 e. The van der Waals surface area contributed by atoms with Crippen molar-refractivity contribution < 1.29 is 4.79 Å². The molecule has 4 aromatic rings. The summed E-state index contributed by atoms with van der Waals surface area (Å²) in [5.41, 5.74) is 3.66. The van der Waals surface area contributed by atoms with Gasteiger partial charge in [0.25, 0.3) is 5.91 Å². The fourth-order valence-electron chi connectivity index (χ4n) is 3.36. The molecule has 1 aliphatic carbocycles. The molecule has 0 unspecified atom stereocenters. The third-order valence-electron chi connectivity index (χ3n) is 4.96. The SMILES string of the molecule is O=C(Nc1ccc(-n2cncn2)cc1)c1cnn(-c2ccc(Cl)cc2Cl)c1C1CC1. The molecule has 0 aliphatic heterocycles. The van der Waals surface area contributed by atoms with Crippen LogP contribution in [0.1, 0.15) is 34.8 Å². The van der Waals surface area contributed by atoms with Crippen molar-refractivity contribution in [1.29, 1.82) is 0 Å². The minimum atomic E-state index is -0.207. The van der Waals surface area contributed by atoms with Gasteiger partial charge in [-0.15, -0.1) is 0 Å². The van der Waals surface area contributed by atoms with Crippen molar-refractivity contribution in [3.8, 4) is 11.4 Å². The minimum absolute atomic E-state index is 0.207. The van der Waals surface area contributed by atoms with Gasteiger partial charge >= 0.3 is 0 Å². The summed E-state index contributed by atoms with van der Waals surface area (Å²) in [7, 11) is 0. The van der Waals surface area contributed by atoms with Gasteiger partial charge in [0.15, 0.2) is 0 Å². The molecule has 1 amide bonds. The molecule has 0 spiro atoms. The third-order valence-corrected chi connectivity index (χ3v) is 5.50. The van der Waals surface area contributed by atoms with Gasteiger partial charge in [-0.1, -0.05) is 23.2 Å². The number of benzene rings is 2. The lowest BCUT2D eigenvalue weighted by molar-refractivity contribution is 0.102. The number of rotatable bonds is 5. The molecule has 0 radical (unpaired) electrons. The number of carbonyl (C=O) groups excluding carboxylic acids is 1. The van der Waals surface area contributed by atoms with Crippen molar-refractivity contribution in [1.82, 2.24) is 24.5 Å². The third kappa shape index (κ3) is 3.58. The second-order valence-electron chi connectivity index (χ2n) is 7.07. The van der Waals surface area contributed by atoms with Crippen LogP contribution in [-0.4, -0.2) is 30.5 Å². The highest BCUT2D eigenvalue weighted by molar-refractivity contribution is 6.35. The fraction of sp³-hybridized carbons (Fsp3) is 0.143. The first-order valence-corrected chi connectivity index (χ1v) is 10.2. The van der Waals surface area contributed by atoms with Crippen LogP contribution in [0.3, 0.4) is 0 Å². The van der Waals surface area contributed by atoms with Crippen molar-refractivity contribution in [2.75, 3.05) is 5.32 Å². The Kier molecular flexibility index (Phi) is 4.77. The summed E-state index contributed by atoms with van der Waals surface area (Å²) in [6, 6.07) is 12.6. The summed E-state index contributed by atoms with van der Waals surface area (Å²) in [5.74, 6) is 0.0800. The van der Waals surface area contributed by atoms with E-state index in [0.717, 1.165) is 24.2 Å². The number of halogens is 2. The van der Waals surface area contributed by atoms with E-state index in [4.69, 9.17) is 23.2 Å². The fourth-order valence-corrected chi connectivity index (χ4v) is 3.85. The highest BCUT2D eigenvalue weighted by Crippen LogP contribution is 2.43. The normalized spacial score (nSPS) is 13.4. The highest BCUT2D eigenvalue weighted by Gasteiger charge is 2.33. The van der Waals surface area contributed by atoms with Gasteiger partial charge in [0, 0.05) is 16.6 Å². The van der Waals surface area contributed by atoms with E-state index in [1.807, 2.05) is 30.3 Å². The van der Waals surface area contributed by atoms with E-state index in [2.05, 4.69) is 20.5 Å². The molecular weight excluding hydrogens is 423 g/mol. The molecule has 2 aromatic carbocycles. The van der Waals surface area contributed by atoms with Gasteiger partial charge in [0.1, 0.15) is 12.7 Å². The Labute approximate surface area is 182 Å². The summed E-state index contributed by atoms with van der Waals surface area (Å²) in [6.45, 7) is 0. The monoisotopic (exact) mass is 438 g/mol. The number of nitrogens with zero attached hydrogens (tertiary/aromatic N) is 5. The van der Waals surface area contributed by atoms with Crippen LogP contribution in [0, 0.1) is 0 Å². The Hall–Kier alpha value is -3.16. The van der Waals surface area contributed by atoms with Gasteiger partial charge < -0.3 is 5.32 Å². The quantitative estimate of drug-likeness (QED) is 0.481. The topological polar surface area (TPSA) is 77.6 Å². The summed E-state index contributed by atoms with van der Waals surface area (Å²) in [4.78, 5) is 17.0. The zero-order valence-corrected chi connectivity index (χ0v) is 17.2. The smallest absolute Gasteiger partial charge is 0.259 e. The predicted molar refractivity (Wildman–Crippen MR) is 115 cm³/mol. The molecule has 1 fully saturated rings. The predicted octanol–water partition coefficient (Wildman–Crippen LogP) is 4.89. The molecule has 1 N–H and O–H groups in total. The second-order valence-corrected chi connectivity index (χ2v) is 7.91. The van der Waals surface area contributed by atoms with Crippen molar-refractivity contribution >= 4 is 34.8 Å². The average Bonchev–Trinajstić information content (AvgIpc) is 3.24. The number of amides is 1. The number of nitrogens with one attached hydrogen (secondary N) is 1. The maximum atomic E-state index is 13.0. The van der Waals surface area contributed by atoms with Crippen LogP contribution in [0.2, 0.25) is 10.0 Å². The van der Waals surface area contributed by atoms with Crippen LogP contribution < -0.4 is 5.32 Å². The maximum absolute atomic E-state index is 13.0. The number of hydrogen-bond donors (Lipinski definition) is 1. The lowest BCUT2D eigenvalue weighted by Gasteiger charge is -2.11. The summed E-state index contributed by atoms with van der Waals surface area (Å²) < 4.78 is 3.40. The number of carbonyl (C=O) groups is 1. The molecule has 0 atom stereocenters. The first-order valence-electron chi connectivity index (χ1n) is 9.40. The Balaban J connectivity index is 1.43. The van der Waals surface area contributed by atoms with Crippen molar-refractivity contribution in [3.63, 3.8) is 0 Å². The van der Waals surface area contributed by atoms with Gasteiger partial charge in [-0.05, 0) is 55.3 Å². The average molecular weight is 439 g/mol. The first kappa shape index (κ1) is 18.8. The molecule has 150 valence electrons.